The molecule has 61 heavy (non-hydrogen) atoms. The minimum absolute atomic E-state index is 0.0835. The summed E-state index contributed by atoms with van der Waals surface area (Å²) in [6, 6.07) is 49.1. The standard InChI is InChI=1S/C49H47N4O7P/c50-43-30-51-44-25-24-36(27-41(43)44)31-52-45(28-34-14-5-1-6-15-34)46(54)47(55)49(29-42(49)37-17-7-2-8-18-37)53(48(52)56)32-35-16-13-23-40(26-35)58-33-61(57,59-38-19-9-3-10-20-38)60-39-21-11-4-12-22-39/h1-27,30,42,45-47,51,54-55H,28-29,31-33,50H2/t42-,45-,46+,47-,49?/m1/s1. The maximum atomic E-state index is 15.5. The van der Waals surface area contributed by atoms with Gasteiger partial charge in [0, 0.05) is 36.1 Å². The van der Waals surface area contributed by atoms with E-state index in [-0.39, 0.29) is 25.0 Å². The molecule has 2 fully saturated rings. The third kappa shape index (κ3) is 8.32. The van der Waals surface area contributed by atoms with E-state index in [1.54, 1.807) is 82.7 Å². The number of amides is 2. The first-order valence-corrected chi connectivity index (χ1v) is 22.1. The second-order valence-electron chi connectivity index (χ2n) is 15.8. The van der Waals surface area contributed by atoms with Crippen molar-refractivity contribution >= 4 is 30.2 Å². The Morgan fingerprint density at radius 3 is 1.97 bits per heavy atom. The van der Waals surface area contributed by atoms with Crippen LogP contribution in [0.1, 0.15) is 34.6 Å². The molecule has 1 aromatic heterocycles. The summed E-state index contributed by atoms with van der Waals surface area (Å²) >= 11 is 0. The number of ether oxygens (including phenoxy) is 1. The lowest BCUT2D eigenvalue weighted by atomic mass is 9.90. The Balaban J connectivity index is 1.06. The average Bonchev–Trinajstić information content (AvgIpc) is 3.95. The number of urea groups is 1. The second-order valence-corrected chi connectivity index (χ2v) is 17.7. The van der Waals surface area contributed by atoms with Crippen LogP contribution in [0.25, 0.3) is 10.9 Å². The fourth-order valence-electron chi connectivity index (χ4n) is 8.71. The predicted molar refractivity (Wildman–Crippen MR) is 235 cm³/mol. The normalized spacial score (nSPS) is 21.3. The van der Waals surface area contributed by atoms with Crippen LogP contribution in [0.4, 0.5) is 10.5 Å². The molecule has 310 valence electrons. The molecule has 1 aliphatic carbocycles. The van der Waals surface area contributed by atoms with Crippen molar-refractivity contribution in [2.24, 2.45) is 0 Å². The van der Waals surface area contributed by atoms with E-state index in [9.17, 15) is 14.8 Å². The molecule has 2 heterocycles. The van der Waals surface area contributed by atoms with Gasteiger partial charge < -0.3 is 44.5 Å². The SMILES string of the molecule is Nc1c[nH]c2ccc(CN3C(=O)N(Cc4cccc(OCP(=O)(Oc5ccccc5)Oc5ccccc5)c4)C4(C[C@@H]4c4ccccc4)[C@H](O)[C@@H](O)[C@H]3Cc3ccccc3)cc12. The third-order valence-corrected chi connectivity index (χ3v) is 13.2. The maximum absolute atomic E-state index is 15.5. The topological polar surface area (TPSA) is 151 Å². The number of benzene rings is 6. The van der Waals surface area contributed by atoms with Gasteiger partial charge in [-0.3, -0.25) is 0 Å². The molecule has 9 rings (SSSR count). The first kappa shape index (κ1) is 39.9. The molecular formula is C49H47N4O7P. The summed E-state index contributed by atoms with van der Waals surface area (Å²) < 4.78 is 32.4. The molecule has 7 aromatic rings. The van der Waals surface area contributed by atoms with Gasteiger partial charge >= 0.3 is 13.6 Å². The highest BCUT2D eigenvalue weighted by Crippen LogP contribution is 2.60. The number of hydrogen-bond donors (Lipinski definition) is 4. The van der Waals surface area contributed by atoms with Gasteiger partial charge in [0.1, 0.15) is 29.5 Å². The Hall–Kier alpha value is -6.52. The molecular weight excluding hydrogens is 788 g/mol. The van der Waals surface area contributed by atoms with Crippen LogP contribution in [-0.2, 0) is 24.1 Å². The Labute approximate surface area is 354 Å². The van der Waals surface area contributed by atoms with Crippen molar-refractivity contribution in [1.82, 2.24) is 14.8 Å². The number of aromatic amines is 1. The van der Waals surface area contributed by atoms with Gasteiger partial charge in [0.2, 0.25) is 6.35 Å². The predicted octanol–water partition coefficient (Wildman–Crippen LogP) is 9.13. The number of aromatic nitrogens is 1. The number of carbonyl (C=O) groups is 1. The average molecular weight is 835 g/mol. The maximum Gasteiger partial charge on any atom is 0.468 e. The fourth-order valence-corrected chi connectivity index (χ4v) is 10.0. The van der Waals surface area contributed by atoms with Crippen LogP contribution in [0.2, 0.25) is 0 Å². The number of nitrogens with zero attached hydrogens (tertiary/aromatic N) is 2. The molecule has 5 N–H and O–H groups in total. The zero-order valence-corrected chi connectivity index (χ0v) is 34.3. The summed E-state index contributed by atoms with van der Waals surface area (Å²) in [6.07, 6.45) is -0.473. The number of hydrogen-bond acceptors (Lipinski definition) is 8. The lowest BCUT2D eigenvalue weighted by Crippen LogP contribution is -2.52. The first-order valence-electron chi connectivity index (χ1n) is 20.4. The minimum atomic E-state index is -3.92. The summed E-state index contributed by atoms with van der Waals surface area (Å²) in [5, 5.41) is 25.7. The van der Waals surface area contributed by atoms with Crippen LogP contribution in [0.5, 0.6) is 17.2 Å². The summed E-state index contributed by atoms with van der Waals surface area (Å²) in [5.74, 6) is 0.878. The van der Waals surface area contributed by atoms with Crippen LogP contribution < -0.4 is 19.5 Å². The van der Waals surface area contributed by atoms with Crippen molar-refractivity contribution in [1.29, 1.82) is 0 Å². The smallest absolute Gasteiger partial charge is 0.468 e. The third-order valence-electron chi connectivity index (χ3n) is 11.8. The van der Waals surface area contributed by atoms with Gasteiger partial charge in [-0.15, -0.1) is 0 Å². The summed E-state index contributed by atoms with van der Waals surface area (Å²) in [7, 11) is -3.92. The van der Waals surface area contributed by atoms with Crippen LogP contribution in [0.15, 0.2) is 170 Å². The van der Waals surface area contributed by atoms with Gasteiger partial charge in [-0.2, -0.15) is 0 Å². The van der Waals surface area contributed by atoms with Gasteiger partial charge in [0.25, 0.3) is 0 Å². The van der Waals surface area contributed by atoms with E-state index in [4.69, 9.17) is 19.5 Å². The van der Waals surface area contributed by atoms with Crippen LogP contribution >= 0.6 is 7.60 Å². The number of para-hydroxylation sites is 2. The molecule has 5 atom stereocenters. The molecule has 1 unspecified atom stereocenters. The lowest BCUT2D eigenvalue weighted by Gasteiger charge is -2.37. The van der Waals surface area contributed by atoms with Gasteiger partial charge in [0.15, 0.2) is 0 Å². The number of aliphatic hydroxyl groups excluding tert-OH is 2. The molecule has 12 heteroatoms. The lowest BCUT2D eigenvalue weighted by molar-refractivity contribution is -0.0502. The number of fused-ring (bicyclic) bond motifs is 1. The number of H-pyrrole nitrogens is 1. The highest BCUT2D eigenvalue weighted by atomic mass is 31.2. The van der Waals surface area contributed by atoms with Crippen molar-refractivity contribution in [2.45, 2.75) is 55.6 Å². The molecule has 0 radical (unpaired) electrons. The van der Waals surface area contributed by atoms with E-state index < -0.39 is 37.7 Å². The first-order chi connectivity index (χ1) is 29.7. The number of aliphatic hydroxyl groups is 2. The molecule has 1 saturated carbocycles. The van der Waals surface area contributed by atoms with E-state index in [2.05, 4.69) is 4.98 Å². The highest BCUT2D eigenvalue weighted by molar-refractivity contribution is 7.54. The molecule has 1 spiro atoms. The largest absolute Gasteiger partial charge is 0.479 e. The van der Waals surface area contributed by atoms with Crippen molar-refractivity contribution in [2.75, 3.05) is 12.1 Å². The molecule has 11 nitrogen and oxygen atoms in total. The van der Waals surface area contributed by atoms with Crippen molar-refractivity contribution in [3.05, 3.63) is 192 Å². The fraction of sp³-hybridized carbons (Fsp3) is 0.204. The number of anilines is 1. The van der Waals surface area contributed by atoms with Gasteiger partial charge in [-0.05, 0) is 83.6 Å². The quantitative estimate of drug-likeness (QED) is 0.0793. The van der Waals surface area contributed by atoms with Gasteiger partial charge in [-0.1, -0.05) is 115 Å². The Morgan fingerprint density at radius 2 is 1.30 bits per heavy atom. The molecule has 6 aromatic carbocycles. The van der Waals surface area contributed by atoms with Crippen LogP contribution in [0.3, 0.4) is 0 Å². The number of carbonyl (C=O) groups excluding carboxylic acids is 1. The minimum Gasteiger partial charge on any atom is -0.479 e. The second kappa shape index (κ2) is 16.9. The summed E-state index contributed by atoms with van der Waals surface area (Å²) in [5.41, 5.74) is 10.1. The summed E-state index contributed by atoms with van der Waals surface area (Å²) in [4.78, 5) is 22.2. The molecule has 2 amide bonds. The number of nitrogens with two attached hydrogens (primary N) is 1. The molecule has 0 bridgehead atoms. The number of rotatable bonds is 14. The number of nitrogens with one attached hydrogen (secondary N) is 1. The van der Waals surface area contributed by atoms with E-state index in [1.807, 2.05) is 97.1 Å². The van der Waals surface area contributed by atoms with E-state index in [0.29, 0.717) is 41.3 Å². The van der Waals surface area contributed by atoms with Crippen LogP contribution in [-0.4, -0.2) is 61.2 Å². The van der Waals surface area contributed by atoms with Crippen molar-refractivity contribution in [3.8, 4) is 17.2 Å². The molecule has 1 aliphatic heterocycles. The molecule has 2 aliphatic rings. The van der Waals surface area contributed by atoms with E-state index in [1.165, 1.54) is 0 Å². The van der Waals surface area contributed by atoms with Crippen LogP contribution in [0, 0.1) is 0 Å². The number of nitrogen functional groups attached to an aromatic ring is 1. The highest BCUT2D eigenvalue weighted by Gasteiger charge is 2.68. The Morgan fingerprint density at radius 1 is 0.705 bits per heavy atom. The van der Waals surface area contributed by atoms with E-state index >= 15 is 4.79 Å². The summed E-state index contributed by atoms with van der Waals surface area (Å²) in [6.45, 7) is 0.241. The zero-order chi connectivity index (χ0) is 42.0. The van der Waals surface area contributed by atoms with Crippen molar-refractivity contribution in [3.63, 3.8) is 0 Å². The Kier molecular flexibility index (Phi) is 11.0. The zero-order valence-electron chi connectivity index (χ0n) is 33.4. The van der Waals surface area contributed by atoms with Gasteiger partial charge in [-0.25, -0.2) is 9.36 Å². The van der Waals surface area contributed by atoms with Crippen molar-refractivity contribution < 1.29 is 33.4 Å². The van der Waals surface area contributed by atoms with E-state index in [0.717, 1.165) is 27.6 Å². The van der Waals surface area contributed by atoms with Gasteiger partial charge in [0.05, 0.1) is 17.3 Å². The monoisotopic (exact) mass is 834 g/mol. The Bertz CT molecular complexity index is 2600. The molecule has 1 saturated heterocycles.